The molecule has 0 aromatic heterocycles. The van der Waals surface area contributed by atoms with Gasteiger partial charge in [-0.2, -0.15) is 0 Å². The Labute approximate surface area is 186 Å². The Morgan fingerprint density at radius 2 is 1.56 bits per heavy atom. The van der Waals surface area contributed by atoms with Gasteiger partial charge in [-0.1, -0.05) is 0 Å². The van der Waals surface area contributed by atoms with Gasteiger partial charge in [-0.25, -0.2) is 0 Å². The van der Waals surface area contributed by atoms with E-state index in [0.29, 0.717) is 0 Å². The second kappa shape index (κ2) is 7.05. The lowest BCUT2D eigenvalue weighted by atomic mass is 9.93. The number of benzene rings is 2. The summed E-state index contributed by atoms with van der Waals surface area (Å²) in [5.74, 6) is 1.82. The van der Waals surface area contributed by atoms with Crippen molar-refractivity contribution < 1.29 is 27.7 Å². The second-order valence-electron chi connectivity index (χ2n) is 9.25. The van der Waals surface area contributed by atoms with Crippen LogP contribution in [0.2, 0.25) is 0 Å². The molecular weight excluding hydrogens is 418 g/mol. The van der Waals surface area contributed by atoms with Gasteiger partial charge in [0.05, 0.1) is 7.11 Å². The molecule has 32 heavy (non-hydrogen) atoms. The molecule has 0 aliphatic carbocycles. The van der Waals surface area contributed by atoms with Crippen molar-refractivity contribution in [3.63, 3.8) is 0 Å². The van der Waals surface area contributed by atoms with Gasteiger partial charge in [0.2, 0.25) is 0 Å². The number of hydrogen-bond donors (Lipinski definition) is 0. The molecule has 1 fully saturated rings. The van der Waals surface area contributed by atoms with Crippen molar-refractivity contribution in [2.75, 3.05) is 43.1 Å². The lowest BCUT2D eigenvalue weighted by Gasteiger charge is -2.39. The van der Waals surface area contributed by atoms with Crippen LogP contribution in [0.3, 0.4) is 0 Å². The van der Waals surface area contributed by atoms with E-state index in [1.807, 2.05) is 0 Å². The number of anilines is 2. The highest BCUT2D eigenvalue weighted by Gasteiger charge is 2.43. The third kappa shape index (κ3) is 3.36. The minimum Gasteiger partial charge on any atom is -0.492 e. The van der Waals surface area contributed by atoms with Crippen molar-refractivity contribution in [1.29, 1.82) is 0 Å². The fraction of sp³-hybridized carbons (Fsp3) is 0.500. The van der Waals surface area contributed by atoms with E-state index < -0.39 is 6.29 Å². The molecule has 3 aliphatic rings. The Morgan fingerprint density at radius 1 is 0.906 bits per heavy atom. The summed E-state index contributed by atoms with van der Waals surface area (Å²) in [5.41, 5.74) is 5.33. The predicted octanol–water partition coefficient (Wildman–Crippen LogP) is 4.67. The maximum Gasteiger partial charge on any atom is 0.586 e. The van der Waals surface area contributed by atoms with Crippen LogP contribution >= 0.6 is 0 Å². The summed E-state index contributed by atoms with van der Waals surface area (Å²) in [6.45, 7) is 11.6. The molecule has 0 amide bonds. The van der Waals surface area contributed by atoms with Crippen molar-refractivity contribution in [3.05, 3.63) is 34.9 Å². The number of hydrogen-bond acceptors (Lipinski definition) is 6. The maximum absolute atomic E-state index is 13.3. The lowest BCUT2D eigenvalue weighted by molar-refractivity contribution is -0.286. The molecule has 3 heterocycles. The van der Waals surface area contributed by atoms with Gasteiger partial charge >= 0.3 is 6.29 Å². The van der Waals surface area contributed by atoms with Gasteiger partial charge in [-0.3, -0.25) is 0 Å². The number of piperazine rings is 1. The van der Waals surface area contributed by atoms with Gasteiger partial charge in [0.15, 0.2) is 23.0 Å². The Balaban J connectivity index is 1.38. The van der Waals surface area contributed by atoms with Crippen LogP contribution in [0.25, 0.3) is 0 Å². The molecule has 0 saturated carbocycles. The Bertz CT molecular complexity index is 1080. The van der Waals surface area contributed by atoms with Crippen LogP contribution in [0, 0.1) is 13.8 Å². The third-order valence-corrected chi connectivity index (χ3v) is 6.51. The number of fused-ring (bicyclic) bond motifs is 2. The van der Waals surface area contributed by atoms with Crippen LogP contribution in [0.15, 0.2) is 18.2 Å². The topological polar surface area (TPSA) is 43.4 Å². The van der Waals surface area contributed by atoms with Crippen molar-refractivity contribution in [3.8, 4) is 23.0 Å². The van der Waals surface area contributed by atoms with Crippen LogP contribution in [0.5, 0.6) is 23.0 Å². The first kappa shape index (κ1) is 21.0. The number of methoxy groups -OCH3 is 1. The molecule has 0 radical (unpaired) electrons. The zero-order valence-electron chi connectivity index (χ0n) is 19.1. The third-order valence-electron chi connectivity index (χ3n) is 6.51. The van der Waals surface area contributed by atoms with Crippen molar-refractivity contribution in [2.24, 2.45) is 0 Å². The first-order chi connectivity index (χ1) is 15.1. The first-order valence-corrected chi connectivity index (χ1v) is 10.9. The summed E-state index contributed by atoms with van der Waals surface area (Å²) < 4.78 is 47.8. The van der Waals surface area contributed by atoms with Gasteiger partial charge in [-0.05, 0) is 45.4 Å². The summed E-state index contributed by atoms with van der Waals surface area (Å²) in [5, 5.41) is 0. The van der Waals surface area contributed by atoms with E-state index in [9.17, 15) is 8.78 Å². The average Bonchev–Trinajstić information content (AvgIpc) is 3.22. The number of nitrogens with zero attached hydrogens (tertiary/aromatic N) is 2. The number of ether oxygens (including phenoxy) is 4. The maximum atomic E-state index is 13.3. The molecule has 8 heteroatoms. The molecule has 0 unspecified atom stereocenters. The number of alkyl halides is 2. The Kier molecular flexibility index (Phi) is 4.62. The van der Waals surface area contributed by atoms with E-state index in [-0.39, 0.29) is 17.1 Å². The smallest absolute Gasteiger partial charge is 0.492 e. The Hall–Kier alpha value is -2.90. The highest BCUT2D eigenvalue weighted by Crippen LogP contribution is 2.50. The standard InChI is InChI=1S/C24H28F2N2O4/c1-14-17-13-23(3,4)32-22(17)21(29-5)15(2)20(14)28-10-8-27(9-11-28)16-6-7-18-19(12-16)31-24(25,26)30-18/h6-7,12H,8-11,13H2,1-5H3. The number of halogens is 2. The van der Waals surface area contributed by atoms with Crippen LogP contribution < -0.4 is 28.7 Å². The van der Waals surface area contributed by atoms with E-state index in [1.165, 1.54) is 16.8 Å². The minimum atomic E-state index is -3.60. The highest BCUT2D eigenvalue weighted by atomic mass is 19.3. The van der Waals surface area contributed by atoms with Crippen LogP contribution in [0.1, 0.15) is 30.5 Å². The van der Waals surface area contributed by atoms with Crippen molar-refractivity contribution in [1.82, 2.24) is 0 Å². The van der Waals surface area contributed by atoms with E-state index in [0.717, 1.165) is 55.3 Å². The summed E-state index contributed by atoms with van der Waals surface area (Å²) in [6, 6.07) is 4.97. The summed E-state index contributed by atoms with van der Waals surface area (Å²) in [6.07, 6.45) is -2.75. The average molecular weight is 446 g/mol. The van der Waals surface area contributed by atoms with Crippen LogP contribution in [0.4, 0.5) is 20.2 Å². The summed E-state index contributed by atoms with van der Waals surface area (Å²) in [4.78, 5) is 4.56. The van der Waals surface area contributed by atoms with E-state index >= 15 is 0 Å². The monoisotopic (exact) mass is 446 g/mol. The van der Waals surface area contributed by atoms with Crippen molar-refractivity contribution in [2.45, 2.75) is 46.0 Å². The molecule has 5 rings (SSSR count). The van der Waals surface area contributed by atoms with Gasteiger partial charge in [0.25, 0.3) is 0 Å². The fourth-order valence-electron chi connectivity index (χ4n) is 5.11. The molecule has 0 N–H and O–H groups in total. The fourth-order valence-corrected chi connectivity index (χ4v) is 5.11. The largest absolute Gasteiger partial charge is 0.586 e. The number of rotatable bonds is 3. The van der Waals surface area contributed by atoms with E-state index in [4.69, 9.17) is 9.47 Å². The molecule has 1 saturated heterocycles. The molecule has 172 valence electrons. The SMILES string of the molecule is COc1c(C)c(N2CCN(c3ccc4c(c3)OC(F)(F)O4)CC2)c(C)c2c1OC(C)(C)C2. The molecule has 3 aliphatic heterocycles. The quantitative estimate of drug-likeness (QED) is 0.683. The molecule has 6 nitrogen and oxygen atoms in total. The highest BCUT2D eigenvalue weighted by molar-refractivity contribution is 5.73. The van der Waals surface area contributed by atoms with Gasteiger partial charge in [0, 0.05) is 61.2 Å². The first-order valence-electron chi connectivity index (χ1n) is 10.9. The lowest BCUT2D eigenvalue weighted by Crippen LogP contribution is -2.47. The van der Waals surface area contributed by atoms with Crippen LogP contribution in [-0.2, 0) is 6.42 Å². The zero-order valence-corrected chi connectivity index (χ0v) is 19.1. The Morgan fingerprint density at radius 3 is 2.25 bits per heavy atom. The van der Waals surface area contributed by atoms with Crippen LogP contribution in [-0.4, -0.2) is 45.2 Å². The normalized spacial score (nSPS) is 20.2. The van der Waals surface area contributed by atoms with Gasteiger partial charge < -0.3 is 28.7 Å². The minimum absolute atomic E-state index is 0.0685. The molecular formula is C24H28F2N2O4. The molecule has 2 aromatic carbocycles. The van der Waals surface area contributed by atoms with E-state index in [1.54, 1.807) is 25.3 Å². The molecule has 0 spiro atoms. The van der Waals surface area contributed by atoms with E-state index in [2.05, 4.69) is 47.0 Å². The van der Waals surface area contributed by atoms with Crippen molar-refractivity contribution >= 4 is 11.4 Å². The van der Waals surface area contributed by atoms with Gasteiger partial charge in [0.1, 0.15) is 5.60 Å². The molecule has 0 bridgehead atoms. The zero-order chi connectivity index (χ0) is 22.8. The van der Waals surface area contributed by atoms with Gasteiger partial charge in [-0.15, -0.1) is 8.78 Å². The summed E-state index contributed by atoms with van der Waals surface area (Å²) in [7, 11) is 1.69. The second-order valence-corrected chi connectivity index (χ2v) is 9.25. The summed E-state index contributed by atoms with van der Waals surface area (Å²) >= 11 is 0. The molecule has 0 atom stereocenters. The molecule has 2 aromatic rings. The predicted molar refractivity (Wildman–Crippen MR) is 118 cm³/mol.